The molecule has 0 heterocycles. The third-order valence-electron chi connectivity index (χ3n) is 5.63. The zero-order valence-electron chi connectivity index (χ0n) is 20.4. The number of para-hydroxylation sites is 2. The van der Waals surface area contributed by atoms with Gasteiger partial charge in [0, 0.05) is 11.1 Å². The lowest BCUT2D eigenvalue weighted by Crippen LogP contribution is -2.17. The van der Waals surface area contributed by atoms with E-state index in [9.17, 15) is 30.0 Å². The number of carbonyl (C=O) groups is 2. The van der Waals surface area contributed by atoms with Gasteiger partial charge in [-0.15, -0.1) is 0 Å². The first-order chi connectivity index (χ1) is 18.8. The lowest BCUT2D eigenvalue weighted by atomic mass is 10.0. The smallest absolute Gasteiger partial charge is 0.275 e. The van der Waals surface area contributed by atoms with Crippen LogP contribution in [0.4, 0.5) is 0 Å². The van der Waals surface area contributed by atoms with Gasteiger partial charge < -0.3 is 20.4 Å². The van der Waals surface area contributed by atoms with E-state index in [1.165, 1.54) is 48.8 Å². The van der Waals surface area contributed by atoms with Gasteiger partial charge in [0.2, 0.25) is 0 Å². The summed E-state index contributed by atoms with van der Waals surface area (Å²) in [5.41, 5.74) is 7.09. The number of hydrogen-bond donors (Lipinski definition) is 6. The van der Waals surface area contributed by atoms with E-state index in [0.717, 1.165) is 11.1 Å². The Kier molecular flexibility index (Phi) is 8.17. The zero-order valence-corrected chi connectivity index (χ0v) is 20.4. The Balaban J connectivity index is 1.43. The second kappa shape index (κ2) is 12.1. The fourth-order valence-corrected chi connectivity index (χ4v) is 3.64. The van der Waals surface area contributed by atoms with E-state index in [0.29, 0.717) is 17.5 Å². The van der Waals surface area contributed by atoms with Gasteiger partial charge >= 0.3 is 0 Å². The lowest BCUT2D eigenvalue weighted by molar-refractivity contribution is 0.0944. The van der Waals surface area contributed by atoms with Crippen LogP contribution < -0.4 is 10.9 Å². The van der Waals surface area contributed by atoms with Crippen LogP contribution in [0, 0.1) is 0 Å². The summed E-state index contributed by atoms with van der Waals surface area (Å²) >= 11 is 0. The Morgan fingerprint density at radius 3 is 1.41 bits per heavy atom. The second-order valence-electron chi connectivity index (χ2n) is 8.40. The number of hydrazone groups is 2. The summed E-state index contributed by atoms with van der Waals surface area (Å²) in [7, 11) is 0. The summed E-state index contributed by atoms with van der Waals surface area (Å²) in [4.78, 5) is 24.4. The molecule has 0 aliphatic carbocycles. The molecule has 0 atom stereocenters. The molecular weight excluding hydrogens is 500 g/mol. The second-order valence-corrected chi connectivity index (χ2v) is 8.40. The van der Waals surface area contributed by atoms with E-state index < -0.39 is 11.8 Å². The van der Waals surface area contributed by atoms with E-state index in [2.05, 4.69) is 21.1 Å². The first-order valence-electron chi connectivity index (χ1n) is 11.7. The molecule has 6 N–H and O–H groups in total. The van der Waals surface area contributed by atoms with Crippen molar-refractivity contribution in [3.63, 3.8) is 0 Å². The van der Waals surface area contributed by atoms with Crippen molar-refractivity contribution in [1.82, 2.24) is 10.9 Å². The maximum absolute atomic E-state index is 12.2. The largest absolute Gasteiger partial charge is 0.507 e. The van der Waals surface area contributed by atoms with Crippen molar-refractivity contribution in [1.29, 1.82) is 0 Å². The van der Waals surface area contributed by atoms with Gasteiger partial charge in [-0.1, -0.05) is 36.4 Å². The molecular formula is C29H24N4O6. The van der Waals surface area contributed by atoms with Crippen LogP contribution in [0.5, 0.6) is 23.0 Å². The first-order valence-corrected chi connectivity index (χ1v) is 11.7. The Hall–Kier alpha value is -5.64. The minimum atomic E-state index is -0.602. The average Bonchev–Trinajstić information content (AvgIpc) is 2.92. The SMILES string of the molecule is O=C(N/N=C/c1cc(Cc2ccc(O)c(/C=N/NC(=O)c3ccccc3O)c2)ccc1O)c1ccccc1O. The van der Waals surface area contributed by atoms with Gasteiger partial charge in [0.05, 0.1) is 23.6 Å². The van der Waals surface area contributed by atoms with Crippen molar-refractivity contribution >= 4 is 24.2 Å². The highest BCUT2D eigenvalue weighted by Gasteiger charge is 2.10. The minimum Gasteiger partial charge on any atom is -0.507 e. The van der Waals surface area contributed by atoms with Gasteiger partial charge in [-0.05, 0) is 66.1 Å². The number of aromatic hydroxyl groups is 4. The maximum atomic E-state index is 12.2. The number of amides is 2. The van der Waals surface area contributed by atoms with Crippen LogP contribution in [0.1, 0.15) is 43.0 Å². The van der Waals surface area contributed by atoms with Gasteiger partial charge in [0.25, 0.3) is 11.8 Å². The topological polar surface area (TPSA) is 164 Å². The third kappa shape index (κ3) is 6.77. The summed E-state index contributed by atoms with van der Waals surface area (Å²) in [6, 6.07) is 21.9. The third-order valence-corrected chi connectivity index (χ3v) is 5.63. The average molecular weight is 525 g/mol. The van der Waals surface area contributed by atoms with Gasteiger partial charge in [0.15, 0.2) is 0 Å². The summed E-state index contributed by atoms with van der Waals surface area (Å²) in [6.07, 6.45) is 3.01. The van der Waals surface area contributed by atoms with Crippen LogP contribution in [0.2, 0.25) is 0 Å². The maximum Gasteiger partial charge on any atom is 0.275 e. The van der Waals surface area contributed by atoms with Crippen LogP contribution in [0.15, 0.2) is 95.1 Å². The predicted octanol–water partition coefficient (Wildman–Crippen LogP) is 3.63. The van der Waals surface area contributed by atoms with Crippen molar-refractivity contribution in [3.05, 3.63) is 118 Å². The number of rotatable bonds is 8. The van der Waals surface area contributed by atoms with Crippen LogP contribution >= 0.6 is 0 Å². The summed E-state index contributed by atoms with van der Waals surface area (Å²) < 4.78 is 0. The highest BCUT2D eigenvalue weighted by Crippen LogP contribution is 2.22. The molecule has 2 amide bonds. The van der Waals surface area contributed by atoms with Crippen LogP contribution in [-0.2, 0) is 6.42 Å². The molecule has 10 nitrogen and oxygen atoms in total. The molecule has 0 fully saturated rings. The number of nitrogens with one attached hydrogen (secondary N) is 2. The van der Waals surface area contributed by atoms with Crippen LogP contribution in [-0.4, -0.2) is 44.7 Å². The summed E-state index contributed by atoms with van der Waals surface area (Å²) in [5, 5.41) is 47.7. The molecule has 0 aliphatic heterocycles. The standard InChI is InChI=1S/C29H24N4O6/c34-24-11-9-18(14-20(24)16-30-32-28(38)22-5-1-3-7-26(22)36)13-19-10-12-25(35)21(15-19)17-31-33-29(39)23-6-2-4-8-27(23)37/h1-12,14-17,34-37H,13H2,(H,32,38)(H,33,39)/b30-16+,31-17+. The van der Waals surface area contributed by atoms with Crippen molar-refractivity contribution in [3.8, 4) is 23.0 Å². The number of hydrogen-bond acceptors (Lipinski definition) is 8. The molecule has 10 heteroatoms. The summed E-state index contributed by atoms with van der Waals surface area (Å²) in [5.74, 6) is -1.64. The van der Waals surface area contributed by atoms with Gasteiger partial charge in [-0.3, -0.25) is 9.59 Å². The monoisotopic (exact) mass is 524 g/mol. The molecule has 0 saturated heterocycles. The van der Waals surface area contributed by atoms with Crippen molar-refractivity contribution in [2.45, 2.75) is 6.42 Å². The van der Waals surface area contributed by atoms with Crippen molar-refractivity contribution in [2.24, 2.45) is 10.2 Å². The van der Waals surface area contributed by atoms with Gasteiger partial charge in [0.1, 0.15) is 23.0 Å². The lowest BCUT2D eigenvalue weighted by Gasteiger charge is -2.08. The molecule has 0 radical (unpaired) electrons. The number of benzene rings is 4. The molecule has 0 saturated carbocycles. The van der Waals surface area contributed by atoms with E-state index in [4.69, 9.17) is 0 Å². The predicted molar refractivity (Wildman–Crippen MR) is 145 cm³/mol. The number of nitrogens with zero attached hydrogens (tertiary/aromatic N) is 2. The Bertz CT molecular complexity index is 1470. The normalized spacial score (nSPS) is 11.1. The molecule has 4 aromatic carbocycles. The van der Waals surface area contributed by atoms with E-state index in [1.54, 1.807) is 48.5 Å². The van der Waals surface area contributed by atoms with Crippen LogP contribution in [0.3, 0.4) is 0 Å². The Morgan fingerprint density at radius 2 is 1.00 bits per heavy atom. The molecule has 0 aromatic heterocycles. The molecule has 39 heavy (non-hydrogen) atoms. The Labute approximate surface area is 223 Å². The quantitative estimate of drug-likeness (QED) is 0.152. The minimum absolute atomic E-state index is 0.0435. The molecule has 0 spiro atoms. The fraction of sp³-hybridized carbons (Fsp3) is 0.0345. The zero-order chi connectivity index (χ0) is 27.8. The highest BCUT2D eigenvalue weighted by molar-refractivity contribution is 5.98. The van der Waals surface area contributed by atoms with Crippen molar-refractivity contribution < 1.29 is 30.0 Å². The number of phenols is 4. The van der Waals surface area contributed by atoms with E-state index >= 15 is 0 Å². The molecule has 4 rings (SSSR count). The van der Waals surface area contributed by atoms with Gasteiger partial charge in [-0.2, -0.15) is 10.2 Å². The van der Waals surface area contributed by atoms with Crippen LogP contribution in [0.25, 0.3) is 0 Å². The molecule has 0 bridgehead atoms. The molecule has 0 aliphatic rings. The fourth-order valence-electron chi connectivity index (χ4n) is 3.64. The Morgan fingerprint density at radius 1 is 0.590 bits per heavy atom. The number of phenolic OH excluding ortho intramolecular Hbond substituents is 4. The number of carbonyl (C=O) groups excluding carboxylic acids is 2. The first kappa shape index (κ1) is 26.4. The highest BCUT2D eigenvalue weighted by atomic mass is 16.3. The van der Waals surface area contributed by atoms with E-state index in [1.807, 2.05) is 0 Å². The molecule has 196 valence electrons. The van der Waals surface area contributed by atoms with E-state index in [-0.39, 0.29) is 34.1 Å². The molecule has 0 unspecified atom stereocenters. The van der Waals surface area contributed by atoms with Gasteiger partial charge in [-0.25, -0.2) is 10.9 Å². The molecule has 4 aromatic rings. The van der Waals surface area contributed by atoms with Crippen molar-refractivity contribution in [2.75, 3.05) is 0 Å². The summed E-state index contributed by atoms with van der Waals surface area (Å²) in [6.45, 7) is 0.